The number of hydrogen-bond acceptors (Lipinski definition) is 3. The van der Waals surface area contributed by atoms with Crippen LogP contribution in [0, 0.1) is 0 Å². The second-order valence-corrected chi connectivity index (χ2v) is 4.65. The van der Waals surface area contributed by atoms with Gasteiger partial charge in [0.25, 0.3) is 0 Å². The highest BCUT2D eigenvalue weighted by atomic mass is 32.1. The lowest BCUT2D eigenvalue weighted by molar-refractivity contribution is -0.137. The molecular formula is C15H12F3NOS. The zero-order valence-corrected chi connectivity index (χ0v) is 11.7. The Morgan fingerprint density at radius 3 is 2.48 bits per heavy atom. The number of nitrogens with one attached hydrogen (secondary N) is 1. The van der Waals surface area contributed by atoms with E-state index in [1.54, 1.807) is 24.3 Å². The Morgan fingerprint density at radius 2 is 1.81 bits per heavy atom. The van der Waals surface area contributed by atoms with Crippen LogP contribution in [0.2, 0.25) is 0 Å². The van der Waals surface area contributed by atoms with E-state index in [-0.39, 0.29) is 17.2 Å². The van der Waals surface area contributed by atoms with Crippen LogP contribution < -0.4 is 5.32 Å². The van der Waals surface area contributed by atoms with Crippen LogP contribution in [0.4, 0.5) is 24.5 Å². The summed E-state index contributed by atoms with van der Waals surface area (Å²) in [6.07, 6.45) is -4.40. The first-order chi connectivity index (χ1) is 9.91. The maximum atomic E-state index is 12.7. The van der Waals surface area contributed by atoms with Crippen LogP contribution in [-0.2, 0) is 6.18 Å². The van der Waals surface area contributed by atoms with Gasteiger partial charge in [0.1, 0.15) is 0 Å². The van der Waals surface area contributed by atoms with Gasteiger partial charge in [0.2, 0.25) is 0 Å². The Labute approximate surface area is 125 Å². The summed E-state index contributed by atoms with van der Waals surface area (Å²) in [7, 11) is 0. The Balaban J connectivity index is 2.33. The summed E-state index contributed by atoms with van der Waals surface area (Å²) in [5, 5.41) is 2.85. The molecule has 2 rings (SSSR count). The molecule has 0 spiro atoms. The van der Waals surface area contributed by atoms with Crippen molar-refractivity contribution >= 4 is 29.8 Å². The molecule has 0 saturated carbocycles. The van der Waals surface area contributed by atoms with Gasteiger partial charge in [0.05, 0.1) is 11.3 Å². The minimum Gasteiger partial charge on any atom is -0.355 e. The topological polar surface area (TPSA) is 29.1 Å². The van der Waals surface area contributed by atoms with Gasteiger partial charge in [-0.1, -0.05) is 18.2 Å². The number of rotatable bonds is 4. The number of anilines is 2. The van der Waals surface area contributed by atoms with Gasteiger partial charge in [-0.05, 0) is 30.3 Å². The molecule has 0 atom stereocenters. The number of thiol groups is 1. The molecule has 0 aromatic heterocycles. The van der Waals surface area contributed by atoms with E-state index in [1.807, 2.05) is 0 Å². The number of hydrogen-bond donors (Lipinski definition) is 2. The Bertz CT molecular complexity index is 655. The predicted octanol–water partition coefficient (Wildman–Crippen LogP) is 4.56. The van der Waals surface area contributed by atoms with E-state index in [4.69, 9.17) is 0 Å². The molecule has 0 fully saturated rings. The average molecular weight is 311 g/mol. The Morgan fingerprint density at radius 1 is 1.10 bits per heavy atom. The molecule has 0 heterocycles. The molecule has 0 saturated heterocycles. The highest BCUT2D eigenvalue weighted by Gasteiger charge is 2.30. The minimum atomic E-state index is -4.40. The summed E-state index contributed by atoms with van der Waals surface area (Å²) in [5.41, 5.74) is 0.371. The number of carbonyl (C=O) groups is 1. The van der Waals surface area contributed by atoms with E-state index < -0.39 is 11.7 Å². The normalized spacial score (nSPS) is 11.2. The van der Waals surface area contributed by atoms with Crippen molar-refractivity contribution in [1.29, 1.82) is 0 Å². The van der Waals surface area contributed by atoms with E-state index in [0.717, 1.165) is 12.1 Å². The number of benzene rings is 2. The molecule has 2 aromatic carbocycles. The standard InChI is InChI=1S/C15H12F3NOS/c16-15(17,18)10-4-3-5-11(8-10)19-13-7-2-1-6-12(13)14(20)9-21/h1-8,19,21H,9H2. The first-order valence-electron chi connectivity index (χ1n) is 6.09. The third kappa shape index (κ3) is 3.78. The summed E-state index contributed by atoms with van der Waals surface area (Å²) in [4.78, 5) is 11.8. The number of halogens is 3. The average Bonchev–Trinajstić information content (AvgIpc) is 2.46. The fraction of sp³-hybridized carbons (Fsp3) is 0.133. The van der Waals surface area contributed by atoms with E-state index in [0.29, 0.717) is 11.3 Å². The van der Waals surface area contributed by atoms with Crippen molar-refractivity contribution in [2.45, 2.75) is 6.18 Å². The Hall–Kier alpha value is -1.95. The van der Waals surface area contributed by atoms with Gasteiger partial charge in [-0.2, -0.15) is 25.8 Å². The van der Waals surface area contributed by atoms with Gasteiger partial charge in [-0.15, -0.1) is 0 Å². The van der Waals surface area contributed by atoms with E-state index in [2.05, 4.69) is 17.9 Å². The van der Waals surface area contributed by atoms with Crippen LogP contribution >= 0.6 is 12.6 Å². The molecular weight excluding hydrogens is 299 g/mol. The maximum absolute atomic E-state index is 12.7. The summed E-state index contributed by atoms with van der Waals surface area (Å²) in [6, 6.07) is 11.5. The number of ketones is 1. The van der Waals surface area contributed by atoms with Crippen LogP contribution in [0.1, 0.15) is 15.9 Å². The summed E-state index contributed by atoms with van der Waals surface area (Å²) >= 11 is 3.93. The minimum absolute atomic E-state index is 0.0291. The van der Waals surface area contributed by atoms with Crippen LogP contribution in [-0.4, -0.2) is 11.5 Å². The third-order valence-electron chi connectivity index (χ3n) is 2.84. The van der Waals surface area contributed by atoms with E-state index in [9.17, 15) is 18.0 Å². The Kier molecular flexibility index (Phi) is 4.57. The predicted molar refractivity (Wildman–Crippen MR) is 79.4 cm³/mol. The third-order valence-corrected chi connectivity index (χ3v) is 3.13. The molecule has 0 bridgehead atoms. The van der Waals surface area contributed by atoms with Crippen molar-refractivity contribution in [3.63, 3.8) is 0 Å². The van der Waals surface area contributed by atoms with Gasteiger partial charge in [0.15, 0.2) is 5.78 Å². The van der Waals surface area contributed by atoms with E-state index >= 15 is 0 Å². The van der Waals surface area contributed by atoms with Crippen LogP contribution in [0.15, 0.2) is 48.5 Å². The molecule has 21 heavy (non-hydrogen) atoms. The van der Waals surface area contributed by atoms with Crippen molar-refractivity contribution in [1.82, 2.24) is 0 Å². The molecule has 110 valence electrons. The quantitative estimate of drug-likeness (QED) is 0.640. The van der Waals surface area contributed by atoms with Gasteiger partial charge in [-0.25, -0.2) is 0 Å². The van der Waals surface area contributed by atoms with Gasteiger partial charge in [-0.3, -0.25) is 4.79 Å². The van der Waals surface area contributed by atoms with Gasteiger partial charge < -0.3 is 5.32 Å². The lowest BCUT2D eigenvalue weighted by Gasteiger charge is -2.13. The summed E-state index contributed by atoms with van der Waals surface area (Å²) < 4.78 is 38.0. The number of para-hydroxylation sites is 1. The molecule has 0 unspecified atom stereocenters. The molecule has 0 aliphatic rings. The lowest BCUT2D eigenvalue weighted by Crippen LogP contribution is -2.07. The first-order valence-corrected chi connectivity index (χ1v) is 6.72. The highest BCUT2D eigenvalue weighted by molar-refractivity contribution is 7.81. The summed E-state index contributed by atoms with van der Waals surface area (Å²) in [6.45, 7) is 0. The second kappa shape index (κ2) is 6.22. The van der Waals surface area contributed by atoms with Crippen LogP contribution in [0.3, 0.4) is 0 Å². The number of carbonyl (C=O) groups excluding carboxylic acids is 1. The van der Waals surface area contributed by atoms with Crippen molar-refractivity contribution in [2.75, 3.05) is 11.1 Å². The number of Topliss-reactive ketones (excluding diaryl/α,β-unsaturated/α-hetero) is 1. The molecule has 0 amide bonds. The monoisotopic (exact) mass is 311 g/mol. The molecule has 0 aliphatic carbocycles. The van der Waals surface area contributed by atoms with E-state index in [1.165, 1.54) is 12.1 Å². The first kappa shape index (κ1) is 15.4. The molecule has 6 heteroatoms. The molecule has 0 aliphatic heterocycles. The van der Waals surface area contributed by atoms with Crippen molar-refractivity contribution < 1.29 is 18.0 Å². The largest absolute Gasteiger partial charge is 0.416 e. The fourth-order valence-electron chi connectivity index (χ4n) is 1.85. The molecule has 1 N–H and O–H groups in total. The molecule has 2 aromatic rings. The van der Waals surface area contributed by atoms with Gasteiger partial charge >= 0.3 is 6.18 Å². The zero-order chi connectivity index (χ0) is 15.5. The second-order valence-electron chi connectivity index (χ2n) is 4.33. The fourth-order valence-corrected chi connectivity index (χ4v) is 2.02. The van der Waals surface area contributed by atoms with Crippen molar-refractivity contribution in [3.05, 3.63) is 59.7 Å². The summed E-state index contributed by atoms with van der Waals surface area (Å²) in [5.74, 6) is -0.171. The zero-order valence-electron chi connectivity index (χ0n) is 10.8. The highest BCUT2D eigenvalue weighted by Crippen LogP contribution is 2.31. The van der Waals surface area contributed by atoms with Gasteiger partial charge in [0, 0.05) is 16.9 Å². The van der Waals surface area contributed by atoms with Crippen LogP contribution in [0.25, 0.3) is 0 Å². The van der Waals surface area contributed by atoms with Crippen molar-refractivity contribution in [2.24, 2.45) is 0 Å². The SMILES string of the molecule is O=C(CS)c1ccccc1Nc1cccc(C(F)(F)F)c1. The number of alkyl halides is 3. The smallest absolute Gasteiger partial charge is 0.355 e. The van der Waals surface area contributed by atoms with Crippen molar-refractivity contribution in [3.8, 4) is 0 Å². The maximum Gasteiger partial charge on any atom is 0.416 e. The molecule has 0 radical (unpaired) electrons. The molecule has 2 nitrogen and oxygen atoms in total. The van der Waals surface area contributed by atoms with Crippen LogP contribution in [0.5, 0.6) is 0 Å². The lowest BCUT2D eigenvalue weighted by atomic mass is 10.1.